The molecule has 0 radical (unpaired) electrons. The number of aliphatic hydroxyl groups is 2. The number of Topliss-reactive ketones (excluding diaryl/α,β-unsaturated/α-hetero) is 1. The predicted molar refractivity (Wildman–Crippen MR) is 107 cm³/mol. The van der Waals surface area contributed by atoms with E-state index in [4.69, 9.17) is 4.74 Å². The van der Waals surface area contributed by atoms with E-state index >= 15 is 0 Å². The van der Waals surface area contributed by atoms with Gasteiger partial charge in [0.2, 0.25) is 5.78 Å². The van der Waals surface area contributed by atoms with Gasteiger partial charge >= 0.3 is 5.97 Å². The molecule has 2 aromatic carbocycles. The second-order valence-electron chi connectivity index (χ2n) is 7.91. The van der Waals surface area contributed by atoms with E-state index in [0.717, 1.165) is 24.0 Å². The molecule has 1 aliphatic carbocycles. The predicted octanol–water partition coefficient (Wildman–Crippen LogP) is 3.92. The summed E-state index contributed by atoms with van der Waals surface area (Å²) in [5.41, 5.74) is 2.62. The number of ether oxygens (including phenoxy) is 1. The van der Waals surface area contributed by atoms with Crippen LogP contribution in [0.3, 0.4) is 0 Å². The van der Waals surface area contributed by atoms with Crippen molar-refractivity contribution in [2.45, 2.75) is 44.3 Å². The maximum absolute atomic E-state index is 12.8. The molecule has 0 amide bonds. The first kappa shape index (κ1) is 19.4. The zero-order valence-corrected chi connectivity index (χ0v) is 16.2. The van der Waals surface area contributed by atoms with Crippen LogP contribution in [0.2, 0.25) is 0 Å². The molecule has 5 heteroatoms. The van der Waals surface area contributed by atoms with Crippen LogP contribution in [0.5, 0.6) is 0 Å². The van der Waals surface area contributed by atoms with Crippen LogP contribution in [0.4, 0.5) is 0 Å². The summed E-state index contributed by atoms with van der Waals surface area (Å²) in [6.07, 6.45) is -0.385. The van der Waals surface area contributed by atoms with Crippen molar-refractivity contribution >= 4 is 11.8 Å². The molecule has 1 fully saturated rings. The third-order valence-corrected chi connectivity index (χ3v) is 5.71. The van der Waals surface area contributed by atoms with Gasteiger partial charge in [0.1, 0.15) is 0 Å². The lowest BCUT2D eigenvalue weighted by Gasteiger charge is -2.28. The van der Waals surface area contributed by atoms with Gasteiger partial charge in [0.05, 0.1) is 11.7 Å². The summed E-state index contributed by atoms with van der Waals surface area (Å²) in [5, 5.41) is 21.1. The quantitative estimate of drug-likeness (QED) is 0.728. The average Bonchev–Trinajstić information content (AvgIpc) is 3.55. The molecule has 0 saturated heterocycles. The Morgan fingerprint density at radius 2 is 1.66 bits per heavy atom. The molecule has 3 unspecified atom stereocenters. The summed E-state index contributed by atoms with van der Waals surface area (Å²) in [4.78, 5) is 25.6. The number of benzene rings is 2. The Bertz CT molecular complexity index is 941. The van der Waals surface area contributed by atoms with Crippen LogP contribution in [0.25, 0.3) is 0 Å². The third-order valence-electron chi connectivity index (χ3n) is 5.71. The smallest absolute Gasteiger partial charge is 0.339 e. The summed E-state index contributed by atoms with van der Waals surface area (Å²) in [6.45, 7) is 1.94. The van der Waals surface area contributed by atoms with Gasteiger partial charge in [-0.2, -0.15) is 0 Å². The van der Waals surface area contributed by atoms with Crippen molar-refractivity contribution in [3.8, 4) is 0 Å². The summed E-state index contributed by atoms with van der Waals surface area (Å²) in [5.74, 6) is -1.99. The lowest BCUT2D eigenvalue weighted by Crippen LogP contribution is -2.38. The number of ketones is 1. The minimum absolute atomic E-state index is 0.0461. The van der Waals surface area contributed by atoms with Crippen LogP contribution >= 0.6 is 0 Å². The minimum atomic E-state index is -1.20. The van der Waals surface area contributed by atoms with Crippen molar-refractivity contribution in [3.63, 3.8) is 0 Å². The lowest BCUT2D eigenvalue weighted by atomic mass is 9.83. The van der Waals surface area contributed by atoms with Crippen molar-refractivity contribution in [1.29, 1.82) is 0 Å². The van der Waals surface area contributed by atoms with Gasteiger partial charge in [-0.25, -0.2) is 4.79 Å². The Labute approximate surface area is 169 Å². The van der Waals surface area contributed by atoms with E-state index in [0.29, 0.717) is 5.56 Å². The summed E-state index contributed by atoms with van der Waals surface area (Å²) in [7, 11) is 0. The molecule has 2 aromatic rings. The molecule has 150 valence electrons. The Balaban J connectivity index is 1.58. The van der Waals surface area contributed by atoms with E-state index in [-0.39, 0.29) is 23.8 Å². The van der Waals surface area contributed by atoms with E-state index in [1.165, 1.54) is 0 Å². The number of carbonyl (C=O) groups excluding carboxylic acids is 2. The van der Waals surface area contributed by atoms with Gasteiger partial charge in [-0.15, -0.1) is 0 Å². The minimum Gasteiger partial charge on any atom is -0.504 e. The SMILES string of the molecule is Cc1ccc(C(O)CC2OC(=O)C(C(c3ccccc3)C3CC3)=C(O)C2=O)cc1. The van der Waals surface area contributed by atoms with Crippen molar-refractivity contribution in [3.05, 3.63) is 82.6 Å². The fourth-order valence-electron chi connectivity index (χ4n) is 3.95. The van der Waals surface area contributed by atoms with E-state index < -0.39 is 29.7 Å². The fourth-order valence-corrected chi connectivity index (χ4v) is 3.95. The molecular formula is C24H24O5. The number of hydrogen-bond acceptors (Lipinski definition) is 5. The lowest BCUT2D eigenvalue weighted by molar-refractivity contribution is -0.156. The Hall–Kier alpha value is -2.92. The van der Waals surface area contributed by atoms with Gasteiger partial charge in [-0.3, -0.25) is 4.79 Å². The number of hydrogen-bond donors (Lipinski definition) is 2. The molecule has 1 aliphatic heterocycles. The Morgan fingerprint density at radius 1 is 1.00 bits per heavy atom. The monoisotopic (exact) mass is 392 g/mol. The first-order valence-electron chi connectivity index (χ1n) is 9.93. The summed E-state index contributed by atoms with van der Waals surface area (Å²) in [6, 6.07) is 16.7. The van der Waals surface area contributed by atoms with E-state index in [1.807, 2.05) is 49.4 Å². The molecule has 1 saturated carbocycles. The molecule has 0 bridgehead atoms. The number of aryl methyl sites for hydroxylation is 1. The van der Waals surface area contributed by atoms with Crippen molar-refractivity contribution < 1.29 is 24.5 Å². The summed E-state index contributed by atoms with van der Waals surface area (Å²) < 4.78 is 5.41. The van der Waals surface area contributed by atoms with Gasteiger partial charge < -0.3 is 14.9 Å². The highest BCUT2D eigenvalue weighted by Gasteiger charge is 2.45. The zero-order valence-electron chi connectivity index (χ0n) is 16.2. The van der Waals surface area contributed by atoms with Gasteiger partial charge in [0.25, 0.3) is 0 Å². The molecule has 5 nitrogen and oxygen atoms in total. The van der Waals surface area contributed by atoms with Crippen LogP contribution in [-0.4, -0.2) is 28.1 Å². The topological polar surface area (TPSA) is 83.8 Å². The fraction of sp³-hybridized carbons (Fsp3) is 0.333. The highest BCUT2D eigenvalue weighted by molar-refractivity contribution is 6.09. The van der Waals surface area contributed by atoms with E-state index in [9.17, 15) is 19.8 Å². The van der Waals surface area contributed by atoms with Crippen molar-refractivity contribution in [2.24, 2.45) is 5.92 Å². The van der Waals surface area contributed by atoms with Crippen LogP contribution in [0.1, 0.15) is 48.0 Å². The molecule has 3 atom stereocenters. The molecule has 0 aromatic heterocycles. The summed E-state index contributed by atoms with van der Waals surface area (Å²) >= 11 is 0. The highest BCUT2D eigenvalue weighted by Crippen LogP contribution is 2.48. The van der Waals surface area contributed by atoms with Crippen LogP contribution in [0, 0.1) is 12.8 Å². The number of aliphatic hydroxyl groups excluding tert-OH is 2. The second kappa shape index (κ2) is 7.84. The van der Waals surface area contributed by atoms with E-state index in [1.54, 1.807) is 12.1 Å². The largest absolute Gasteiger partial charge is 0.504 e. The molecule has 2 N–H and O–H groups in total. The van der Waals surface area contributed by atoms with Crippen LogP contribution < -0.4 is 0 Å². The van der Waals surface area contributed by atoms with Gasteiger partial charge in [0.15, 0.2) is 11.9 Å². The molecular weight excluding hydrogens is 368 g/mol. The van der Waals surface area contributed by atoms with Gasteiger partial charge in [-0.05, 0) is 36.8 Å². The number of carbonyl (C=O) groups is 2. The first-order chi connectivity index (χ1) is 14.0. The first-order valence-corrected chi connectivity index (χ1v) is 9.93. The maximum atomic E-state index is 12.8. The molecule has 1 heterocycles. The van der Waals surface area contributed by atoms with E-state index in [2.05, 4.69) is 0 Å². The van der Waals surface area contributed by atoms with Crippen LogP contribution in [0.15, 0.2) is 65.9 Å². The highest BCUT2D eigenvalue weighted by atomic mass is 16.6. The number of esters is 1. The normalized spacial score (nSPS) is 21.7. The average molecular weight is 392 g/mol. The second-order valence-corrected chi connectivity index (χ2v) is 7.91. The molecule has 0 spiro atoms. The molecule has 29 heavy (non-hydrogen) atoms. The Morgan fingerprint density at radius 3 is 2.28 bits per heavy atom. The number of rotatable bonds is 6. The zero-order chi connectivity index (χ0) is 20.5. The van der Waals surface area contributed by atoms with Crippen molar-refractivity contribution in [1.82, 2.24) is 0 Å². The third kappa shape index (κ3) is 3.96. The van der Waals surface area contributed by atoms with Crippen molar-refractivity contribution in [2.75, 3.05) is 0 Å². The standard InChI is InChI=1S/C24H24O5/c1-14-7-9-15(10-8-14)18(25)13-19-22(26)23(27)21(24(28)29-19)20(17-11-12-17)16-5-3-2-4-6-16/h2-10,17-20,25,27H,11-13H2,1H3. The Kier molecular flexibility index (Phi) is 5.24. The number of cyclic esters (lactones) is 1. The van der Waals surface area contributed by atoms with Gasteiger partial charge in [-0.1, -0.05) is 60.2 Å². The molecule has 2 aliphatic rings. The van der Waals surface area contributed by atoms with Gasteiger partial charge in [0, 0.05) is 12.3 Å². The molecule has 4 rings (SSSR count). The van der Waals surface area contributed by atoms with Crippen LogP contribution in [-0.2, 0) is 14.3 Å². The maximum Gasteiger partial charge on any atom is 0.339 e.